The predicted octanol–water partition coefficient (Wildman–Crippen LogP) is 5.03. The van der Waals surface area contributed by atoms with Crippen LogP contribution in [0.15, 0.2) is 48.8 Å². The van der Waals surface area contributed by atoms with Crippen LogP contribution in [-0.2, 0) is 11.2 Å². The van der Waals surface area contributed by atoms with Crippen molar-refractivity contribution in [3.8, 4) is 5.75 Å². The molecular weight excluding hydrogens is 438 g/mol. The van der Waals surface area contributed by atoms with Gasteiger partial charge in [-0.1, -0.05) is 44.9 Å². The van der Waals surface area contributed by atoms with E-state index in [-0.39, 0.29) is 17.9 Å². The van der Waals surface area contributed by atoms with Crippen LogP contribution in [0.25, 0.3) is 0 Å². The number of nitrogens with zero attached hydrogens (tertiary/aromatic N) is 2. The predicted molar refractivity (Wildman–Crippen MR) is 137 cm³/mol. The number of hydrogen-bond acceptors (Lipinski definition) is 4. The first-order valence-electron chi connectivity index (χ1n) is 13.2. The fourth-order valence-electron chi connectivity index (χ4n) is 5.48. The van der Waals surface area contributed by atoms with Crippen molar-refractivity contribution in [2.75, 3.05) is 19.7 Å². The van der Waals surface area contributed by atoms with Crippen molar-refractivity contribution in [3.63, 3.8) is 0 Å². The molecule has 0 saturated carbocycles. The van der Waals surface area contributed by atoms with Crippen molar-refractivity contribution in [3.05, 3.63) is 59.9 Å². The lowest BCUT2D eigenvalue weighted by molar-refractivity contribution is -0.135. The summed E-state index contributed by atoms with van der Waals surface area (Å²) in [6.45, 7) is 6.04. The van der Waals surface area contributed by atoms with Crippen LogP contribution in [0.5, 0.6) is 5.75 Å². The summed E-state index contributed by atoms with van der Waals surface area (Å²) in [6, 6.07) is 11.8. The Hall–Kier alpha value is -2.89. The maximum atomic E-state index is 13.8. The number of piperidine rings is 1. The lowest BCUT2D eigenvalue weighted by Crippen LogP contribution is -2.53. The van der Waals surface area contributed by atoms with E-state index >= 15 is 0 Å². The van der Waals surface area contributed by atoms with Crippen molar-refractivity contribution in [2.24, 2.45) is 11.3 Å². The number of ether oxygens (including phenoxy) is 1. The van der Waals surface area contributed by atoms with Gasteiger partial charge in [-0.05, 0) is 68.2 Å². The Bertz CT molecular complexity index is 984. The van der Waals surface area contributed by atoms with Gasteiger partial charge in [0.25, 0.3) is 5.91 Å². The third-order valence-electron chi connectivity index (χ3n) is 7.52. The standard InChI is InChI=1S/C29H39N3O3/c1-22(2)20-25-21-35-26-10-6-5-9-23(26)8-4-3-7-13-29(28(34)31-25)14-18-32(19-15-29)27(33)24-11-16-30-17-12-24/h5-6,9-12,16-17,22,25H,3-4,7-8,13-15,18-21H2,1-2H3,(H,31,34)/t25-/m0/s1. The van der Waals surface area contributed by atoms with Crippen LogP contribution in [0.2, 0.25) is 0 Å². The molecule has 4 rings (SSSR count). The van der Waals surface area contributed by atoms with Gasteiger partial charge in [0.2, 0.25) is 5.91 Å². The topological polar surface area (TPSA) is 71.5 Å². The van der Waals surface area contributed by atoms with Gasteiger partial charge in [0, 0.05) is 31.0 Å². The van der Waals surface area contributed by atoms with Gasteiger partial charge in [0.1, 0.15) is 12.4 Å². The Morgan fingerprint density at radius 1 is 1.09 bits per heavy atom. The summed E-state index contributed by atoms with van der Waals surface area (Å²) in [5.74, 6) is 1.55. The van der Waals surface area contributed by atoms with Crippen LogP contribution in [-0.4, -0.2) is 47.4 Å². The van der Waals surface area contributed by atoms with Gasteiger partial charge in [-0.25, -0.2) is 0 Å². The fourth-order valence-corrected chi connectivity index (χ4v) is 5.48. The molecule has 0 radical (unpaired) electrons. The van der Waals surface area contributed by atoms with Crippen LogP contribution >= 0.6 is 0 Å². The molecule has 1 fully saturated rings. The lowest BCUT2D eigenvalue weighted by Gasteiger charge is -2.41. The van der Waals surface area contributed by atoms with Gasteiger partial charge in [-0.3, -0.25) is 14.6 Å². The number of benzene rings is 1. The van der Waals surface area contributed by atoms with Gasteiger partial charge in [-0.15, -0.1) is 0 Å². The van der Waals surface area contributed by atoms with Gasteiger partial charge in [0.15, 0.2) is 0 Å². The van der Waals surface area contributed by atoms with E-state index in [0.29, 0.717) is 44.0 Å². The first-order valence-corrected chi connectivity index (χ1v) is 13.2. The van der Waals surface area contributed by atoms with E-state index in [0.717, 1.165) is 44.3 Å². The minimum Gasteiger partial charge on any atom is -0.491 e. The summed E-state index contributed by atoms with van der Waals surface area (Å²) in [7, 11) is 0. The quantitative estimate of drug-likeness (QED) is 0.673. The fraction of sp³-hybridized carbons (Fsp3) is 0.552. The number of carbonyl (C=O) groups excluding carboxylic acids is 2. The van der Waals surface area contributed by atoms with E-state index in [2.05, 4.69) is 36.3 Å². The molecule has 1 N–H and O–H groups in total. The Labute approximate surface area is 209 Å². The average Bonchev–Trinajstić information content (AvgIpc) is 2.88. The average molecular weight is 478 g/mol. The second kappa shape index (κ2) is 11.7. The summed E-state index contributed by atoms with van der Waals surface area (Å²) in [4.78, 5) is 32.7. The van der Waals surface area contributed by atoms with Crippen LogP contribution in [0, 0.1) is 11.3 Å². The van der Waals surface area contributed by atoms with Crippen molar-refractivity contribution < 1.29 is 14.3 Å². The van der Waals surface area contributed by atoms with E-state index in [1.54, 1.807) is 24.5 Å². The van der Waals surface area contributed by atoms with Gasteiger partial charge in [0.05, 0.1) is 11.5 Å². The molecule has 1 saturated heterocycles. The highest BCUT2D eigenvalue weighted by Crippen LogP contribution is 2.38. The first kappa shape index (κ1) is 25.2. The minimum atomic E-state index is -0.425. The molecule has 2 amide bonds. The van der Waals surface area contributed by atoms with Crippen LogP contribution in [0.3, 0.4) is 0 Å². The van der Waals surface area contributed by atoms with Crippen molar-refractivity contribution >= 4 is 11.8 Å². The molecule has 1 spiro atoms. The molecule has 0 bridgehead atoms. The number of hydrogen-bond donors (Lipinski definition) is 1. The SMILES string of the molecule is CC(C)C[C@H]1COc2ccccc2CCCCCC2(CCN(C(=O)c3ccncc3)CC2)C(=O)N1. The second-order valence-corrected chi connectivity index (χ2v) is 10.6. The molecule has 0 aliphatic carbocycles. The zero-order valence-corrected chi connectivity index (χ0v) is 21.2. The lowest BCUT2D eigenvalue weighted by atomic mass is 9.73. The molecule has 0 unspecified atom stereocenters. The molecule has 2 aromatic rings. The van der Waals surface area contributed by atoms with Crippen LogP contribution < -0.4 is 10.1 Å². The number of likely N-dealkylation sites (tertiary alicyclic amines) is 1. The molecule has 1 aromatic carbocycles. The smallest absolute Gasteiger partial charge is 0.253 e. The molecule has 6 nitrogen and oxygen atoms in total. The molecular formula is C29H39N3O3. The monoisotopic (exact) mass is 477 g/mol. The van der Waals surface area contributed by atoms with E-state index in [9.17, 15) is 9.59 Å². The second-order valence-electron chi connectivity index (χ2n) is 10.6. The van der Waals surface area contributed by atoms with Gasteiger partial charge < -0.3 is 15.0 Å². The van der Waals surface area contributed by atoms with E-state index < -0.39 is 5.41 Å². The molecule has 1 aromatic heterocycles. The number of rotatable bonds is 3. The van der Waals surface area contributed by atoms with Gasteiger partial charge >= 0.3 is 0 Å². The Morgan fingerprint density at radius 2 is 1.83 bits per heavy atom. The highest BCUT2D eigenvalue weighted by Gasteiger charge is 2.42. The van der Waals surface area contributed by atoms with E-state index in [4.69, 9.17) is 4.74 Å². The molecule has 188 valence electrons. The Morgan fingerprint density at radius 3 is 2.57 bits per heavy atom. The van der Waals surface area contributed by atoms with E-state index in [1.807, 2.05) is 17.0 Å². The number of aryl methyl sites for hydroxylation is 1. The van der Waals surface area contributed by atoms with Gasteiger partial charge in [-0.2, -0.15) is 0 Å². The molecule has 35 heavy (non-hydrogen) atoms. The third kappa shape index (κ3) is 6.41. The summed E-state index contributed by atoms with van der Waals surface area (Å²) in [6.07, 6.45) is 10.6. The normalized spacial score (nSPS) is 21.2. The number of nitrogens with one attached hydrogen (secondary N) is 1. The van der Waals surface area contributed by atoms with Crippen molar-refractivity contribution in [1.29, 1.82) is 0 Å². The summed E-state index contributed by atoms with van der Waals surface area (Å²) >= 11 is 0. The highest BCUT2D eigenvalue weighted by molar-refractivity contribution is 5.94. The largest absolute Gasteiger partial charge is 0.491 e. The molecule has 6 heteroatoms. The van der Waals surface area contributed by atoms with Crippen LogP contribution in [0.1, 0.15) is 74.7 Å². The number of carbonyl (C=O) groups is 2. The number of para-hydroxylation sites is 1. The molecule has 1 atom stereocenters. The van der Waals surface area contributed by atoms with E-state index in [1.165, 1.54) is 5.56 Å². The minimum absolute atomic E-state index is 0.0242. The molecule has 3 heterocycles. The third-order valence-corrected chi connectivity index (χ3v) is 7.52. The Balaban J connectivity index is 1.49. The number of fused-ring (bicyclic) bond motifs is 1. The zero-order chi connectivity index (χ0) is 24.7. The highest BCUT2D eigenvalue weighted by atomic mass is 16.5. The summed E-state index contributed by atoms with van der Waals surface area (Å²) in [5.41, 5.74) is 1.48. The maximum absolute atomic E-state index is 13.8. The Kier molecular flexibility index (Phi) is 8.42. The maximum Gasteiger partial charge on any atom is 0.253 e. The van der Waals surface area contributed by atoms with Crippen molar-refractivity contribution in [1.82, 2.24) is 15.2 Å². The van der Waals surface area contributed by atoms with Crippen molar-refractivity contribution in [2.45, 2.75) is 71.3 Å². The van der Waals surface area contributed by atoms with Crippen LogP contribution in [0.4, 0.5) is 0 Å². The number of pyridine rings is 1. The summed E-state index contributed by atoms with van der Waals surface area (Å²) < 4.78 is 6.26. The zero-order valence-electron chi connectivity index (χ0n) is 21.2. The molecule has 2 aliphatic heterocycles. The number of amides is 2. The summed E-state index contributed by atoms with van der Waals surface area (Å²) in [5, 5.41) is 3.38. The first-order chi connectivity index (χ1) is 17.0. The molecule has 2 aliphatic rings. The number of aromatic nitrogens is 1.